The molecule has 5 heteroatoms. The molecule has 2 N–H and O–H groups in total. The molecule has 1 aromatic heterocycles. The van der Waals surface area contributed by atoms with Crippen molar-refractivity contribution in [1.29, 1.82) is 0 Å². The Labute approximate surface area is 100 Å². The van der Waals surface area contributed by atoms with E-state index in [0.717, 1.165) is 12.2 Å². The van der Waals surface area contributed by atoms with Gasteiger partial charge in [0, 0.05) is 12.5 Å². The van der Waals surface area contributed by atoms with Gasteiger partial charge >= 0.3 is 0 Å². The van der Waals surface area contributed by atoms with Crippen LogP contribution in [0.15, 0.2) is 4.52 Å². The number of nitrogens with zero attached hydrogens (tertiary/aromatic N) is 2. The second-order valence-electron chi connectivity index (χ2n) is 4.27. The SMILES string of the molecule is CCC(N)Cc1nc(C2CCCCS2)no1. The van der Waals surface area contributed by atoms with Crippen LogP contribution in [-0.4, -0.2) is 21.9 Å². The van der Waals surface area contributed by atoms with Crippen molar-refractivity contribution >= 4 is 11.8 Å². The number of hydrogen-bond acceptors (Lipinski definition) is 5. The summed E-state index contributed by atoms with van der Waals surface area (Å²) in [6.45, 7) is 2.07. The minimum absolute atomic E-state index is 0.132. The summed E-state index contributed by atoms with van der Waals surface area (Å²) in [5.41, 5.74) is 5.86. The average molecular weight is 241 g/mol. The van der Waals surface area contributed by atoms with Crippen LogP contribution < -0.4 is 5.73 Å². The second-order valence-corrected chi connectivity index (χ2v) is 5.58. The molecule has 0 amide bonds. The van der Waals surface area contributed by atoms with Gasteiger partial charge in [0.15, 0.2) is 5.82 Å². The summed E-state index contributed by atoms with van der Waals surface area (Å²) in [5.74, 6) is 2.77. The lowest BCUT2D eigenvalue weighted by Gasteiger charge is -2.17. The third-order valence-electron chi connectivity index (χ3n) is 2.91. The van der Waals surface area contributed by atoms with Crippen LogP contribution in [-0.2, 0) is 6.42 Å². The molecule has 16 heavy (non-hydrogen) atoms. The van der Waals surface area contributed by atoms with Crippen LogP contribution in [0.3, 0.4) is 0 Å². The third kappa shape index (κ3) is 2.98. The van der Waals surface area contributed by atoms with Gasteiger partial charge in [0.05, 0.1) is 5.25 Å². The van der Waals surface area contributed by atoms with Gasteiger partial charge in [0.2, 0.25) is 5.89 Å². The lowest BCUT2D eigenvalue weighted by atomic mass is 10.1. The van der Waals surface area contributed by atoms with Crippen molar-refractivity contribution < 1.29 is 4.52 Å². The molecule has 1 aromatic rings. The van der Waals surface area contributed by atoms with E-state index in [9.17, 15) is 0 Å². The van der Waals surface area contributed by atoms with Crippen molar-refractivity contribution in [3.05, 3.63) is 11.7 Å². The quantitative estimate of drug-likeness (QED) is 0.876. The molecule has 2 rings (SSSR count). The molecule has 0 aromatic carbocycles. The Morgan fingerprint density at radius 2 is 2.44 bits per heavy atom. The molecule has 0 bridgehead atoms. The zero-order chi connectivity index (χ0) is 11.4. The standard InChI is InChI=1S/C11H19N3OS/c1-2-8(12)7-10-13-11(14-15-10)9-5-3-4-6-16-9/h8-9H,2-7,12H2,1H3. The Morgan fingerprint density at radius 1 is 1.56 bits per heavy atom. The summed E-state index contributed by atoms with van der Waals surface area (Å²) in [7, 11) is 0. The van der Waals surface area contributed by atoms with Gasteiger partial charge in [-0.05, 0) is 25.0 Å². The van der Waals surface area contributed by atoms with E-state index in [1.165, 1.54) is 25.0 Å². The van der Waals surface area contributed by atoms with E-state index < -0.39 is 0 Å². The van der Waals surface area contributed by atoms with Crippen molar-refractivity contribution in [3.63, 3.8) is 0 Å². The molecule has 0 spiro atoms. The predicted molar refractivity (Wildman–Crippen MR) is 65.3 cm³/mol. The van der Waals surface area contributed by atoms with Gasteiger partial charge < -0.3 is 10.3 Å². The fraction of sp³-hybridized carbons (Fsp3) is 0.818. The first kappa shape index (κ1) is 11.9. The van der Waals surface area contributed by atoms with Gasteiger partial charge in [-0.15, -0.1) is 0 Å². The monoisotopic (exact) mass is 241 g/mol. The highest BCUT2D eigenvalue weighted by Gasteiger charge is 2.21. The topological polar surface area (TPSA) is 64.9 Å². The first-order valence-electron chi connectivity index (χ1n) is 5.99. The number of nitrogens with two attached hydrogens (primary N) is 1. The van der Waals surface area contributed by atoms with E-state index in [1.807, 2.05) is 11.8 Å². The normalized spacial score (nSPS) is 23.2. The third-order valence-corrected chi connectivity index (χ3v) is 4.29. The van der Waals surface area contributed by atoms with Crippen LogP contribution in [0.4, 0.5) is 0 Å². The highest BCUT2D eigenvalue weighted by atomic mass is 32.2. The lowest BCUT2D eigenvalue weighted by Crippen LogP contribution is -2.21. The molecule has 1 fully saturated rings. The van der Waals surface area contributed by atoms with E-state index in [1.54, 1.807) is 0 Å². The Kier molecular flexibility index (Phi) is 4.23. The molecule has 2 heterocycles. The molecule has 4 nitrogen and oxygen atoms in total. The van der Waals surface area contributed by atoms with Crippen molar-refractivity contribution in [1.82, 2.24) is 10.1 Å². The van der Waals surface area contributed by atoms with Gasteiger partial charge in [-0.3, -0.25) is 0 Å². The number of aromatic nitrogens is 2. The van der Waals surface area contributed by atoms with Gasteiger partial charge in [0.25, 0.3) is 0 Å². The molecule has 1 aliphatic heterocycles. The molecule has 0 aliphatic carbocycles. The number of hydrogen-bond donors (Lipinski definition) is 1. The van der Waals surface area contributed by atoms with Crippen LogP contribution in [0.1, 0.15) is 49.6 Å². The summed E-state index contributed by atoms with van der Waals surface area (Å²) >= 11 is 1.94. The summed E-state index contributed by atoms with van der Waals surface area (Å²) < 4.78 is 5.24. The summed E-state index contributed by atoms with van der Waals surface area (Å²) in [6.07, 6.45) is 5.39. The van der Waals surface area contributed by atoms with Gasteiger partial charge in [-0.2, -0.15) is 16.7 Å². The van der Waals surface area contributed by atoms with Gasteiger partial charge in [0.1, 0.15) is 0 Å². The molecule has 1 saturated heterocycles. The molecule has 2 unspecified atom stereocenters. The maximum absolute atomic E-state index is 5.86. The van der Waals surface area contributed by atoms with Crippen LogP contribution in [0.25, 0.3) is 0 Å². The maximum Gasteiger partial charge on any atom is 0.228 e. The van der Waals surface area contributed by atoms with Crippen LogP contribution in [0, 0.1) is 0 Å². The zero-order valence-corrected chi connectivity index (χ0v) is 10.5. The van der Waals surface area contributed by atoms with Crippen LogP contribution in [0.5, 0.6) is 0 Å². The molecule has 0 saturated carbocycles. The van der Waals surface area contributed by atoms with Gasteiger partial charge in [-0.1, -0.05) is 18.5 Å². The Morgan fingerprint density at radius 3 is 3.12 bits per heavy atom. The Bertz CT molecular complexity index is 323. The smallest absolute Gasteiger partial charge is 0.228 e. The highest BCUT2D eigenvalue weighted by Crippen LogP contribution is 2.36. The summed E-state index contributed by atoms with van der Waals surface area (Å²) in [5, 5.41) is 4.50. The van der Waals surface area contributed by atoms with E-state index in [-0.39, 0.29) is 6.04 Å². The average Bonchev–Trinajstić information content (AvgIpc) is 2.78. The number of thioether (sulfide) groups is 1. The number of rotatable bonds is 4. The minimum atomic E-state index is 0.132. The molecule has 0 radical (unpaired) electrons. The second kappa shape index (κ2) is 5.68. The fourth-order valence-electron chi connectivity index (χ4n) is 1.79. The first-order valence-corrected chi connectivity index (χ1v) is 7.04. The van der Waals surface area contributed by atoms with E-state index in [2.05, 4.69) is 17.1 Å². The van der Waals surface area contributed by atoms with E-state index >= 15 is 0 Å². The maximum atomic E-state index is 5.86. The Hall–Kier alpha value is -0.550. The van der Waals surface area contributed by atoms with Crippen LogP contribution in [0.2, 0.25) is 0 Å². The fourth-order valence-corrected chi connectivity index (χ4v) is 3.03. The van der Waals surface area contributed by atoms with E-state index in [0.29, 0.717) is 17.6 Å². The highest BCUT2D eigenvalue weighted by molar-refractivity contribution is 7.99. The largest absolute Gasteiger partial charge is 0.339 e. The predicted octanol–water partition coefficient (Wildman–Crippen LogP) is 2.31. The summed E-state index contributed by atoms with van der Waals surface area (Å²) in [4.78, 5) is 4.44. The van der Waals surface area contributed by atoms with Crippen molar-refractivity contribution in [2.45, 2.75) is 50.3 Å². The van der Waals surface area contributed by atoms with Crippen molar-refractivity contribution in [2.24, 2.45) is 5.73 Å². The summed E-state index contributed by atoms with van der Waals surface area (Å²) in [6, 6.07) is 0.132. The van der Waals surface area contributed by atoms with E-state index in [4.69, 9.17) is 10.3 Å². The first-order chi connectivity index (χ1) is 7.79. The van der Waals surface area contributed by atoms with Crippen LogP contribution >= 0.6 is 11.8 Å². The van der Waals surface area contributed by atoms with Gasteiger partial charge in [-0.25, -0.2) is 0 Å². The molecular weight excluding hydrogens is 222 g/mol. The van der Waals surface area contributed by atoms with Crippen molar-refractivity contribution in [2.75, 3.05) is 5.75 Å². The minimum Gasteiger partial charge on any atom is -0.339 e. The molecule has 90 valence electrons. The molecule has 1 aliphatic rings. The lowest BCUT2D eigenvalue weighted by molar-refractivity contribution is 0.362. The Balaban J connectivity index is 1.95. The molecular formula is C11H19N3OS. The van der Waals surface area contributed by atoms with Crippen molar-refractivity contribution in [3.8, 4) is 0 Å². The zero-order valence-electron chi connectivity index (χ0n) is 9.69. The molecule has 2 atom stereocenters.